The molecule has 6 N–H and O–H groups in total. The number of hydrogen-bond donors (Lipinski definition) is 5. The molecule has 10 heteroatoms. The second-order valence-electron chi connectivity index (χ2n) is 8.13. The standard InChI is InChI=1S/C21H20BrFN2O6/c1-7-13(20(24)30)18(28)16(25(2)22)11-5-9-3-8-4-10(23)6-12(26)14(8)17(27)15(9)19(29)21(7,11)31/h4,6,9,11,16,26-28,31H,1,3,5H2,2H3,(H2,24,30)/t9?,11-,16-,21-/m0/s1. The van der Waals surface area contributed by atoms with Gasteiger partial charge in [-0.15, -0.1) is 0 Å². The Bertz CT molecular complexity index is 1130. The van der Waals surface area contributed by atoms with Crippen molar-refractivity contribution in [1.29, 1.82) is 0 Å². The molecule has 3 aliphatic carbocycles. The van der Waals surface area contributed by atoms with E-state index in [1.54, 1.807) is 0 Å². The molecular formula is C21H20BrFN2O6. The number of Topliss-reactive ketones (excluding diaryl/α,β-unsaturated/α-hetero) is 1. The largest absolute Gasteiger partial charge is 0.510 e. The van der Waals surface area contributed by atoms with Crippen molar-refractivity contribution < 1.29 is 34.4 Å². The molecule has 0 aromatic heterocycles. The summed E-state index contributed by atoms with van der Waals surface area (Å²) >= 11 is 3.21. The molecule has 3 aliphatic rings. The van der Waals surface area contributed by atoms with Crippen molar-refractivity contribution in [3.05, 3.63) is 58.1 Å². The summed E-state index contributed by atoms with van der Waals surface area (Å²) in [5.74, 6) is -5.77. The second-order valence-corrected chi connectivity index (χ2v) is 9.25. The Balaban J connectivity index is 1.96. The van der Waals surface area contributed by atoms with Crippen molar-refractivity contribution in [2.45, 2.75) is 24.5 Å². The maximum atomic E-state index is 13.8. The minimum Gasteiger partial charge on any atom is -0.510 e. The van der Waals surface area contributed by atoms with E-state index in [0.717, 1.165) is 6.07 Å². The van der Waals surface area contributed by atoms with Crippen LogP contribution in [0.5, 0.6) is 5.75 Å². The van der Waals surface area contributed by atoms with Gasteiger partial charge < -0.3 is 26.2 Å². The third-order valence-corrected chi connectivity index (χ3v) is 6.95. The number of aliphatic hydroxyl groups excluding tert-OH is 2. The first-order chi connectivity index (χ1) is 14.4. The third-order valence-electron chi connectivity index (χ3n) is 6.51. The molecule has 1 saturated carbocycles. The average Bonchev–Trinajstić information content (AvgIpc) is 2.63. The number of ketones is 1. The summed E-state index contributed by atoms with van der Waals surface area (Å²) in [4.78, 5) is 25.6. The average molecular weight is 495 g/mol. The first-order valence-corrected chi connectivity index (χ1v) is 10.1. The SMILES string of the molecule is C=C1C(C(N)=O)=C(O)[C@@H](N(C)Br)[C@@H]2CC3Cc4cc(F)cc(O)c4C(O)=C3C(=O)[C@]12O. The minimum atomic E-state index is -2.34. The van der Waals surface area contributed by atoms with Crippen molar-refractivity contribution in [1.82, 2.24) is 3.93 Å². The first kappa shape index (κ1) is 21.5. The van der Waals surface area contributed by atoms with Crippen LogP contribution in [0.25, 0.3) is 5.76 Å². The predicted molar refractivity (Wildman–Crippen MR) is 111 cm³/mol. The van der Waals surface area contributed by atoms with Gasteiger partial charge in [0.2, 0.25) is 0 Å². The Hall–Kier alpha value is -2.69. The number of halogens is 2. The Labute approximate surface area is 185 Å². The molecule has 1 amide bonds. The van der Waals surface area contributed by atoms with Gasteiger partial charge >= 0.3 is 0 Å². The number of carbonyl (C=O) groups is 2. The fraction of sp³-hybridized carbons (Fsp3) is 0.333. The lowest BCUT2D eigenvalue weighted by Gasteiger charge is -2.51. The zero-order chi connectivity index (χ0) is 23.0. The zero-order valence-electron chi connectivity index (χ0n) is 16.4. The number of likely N-dealkylation sites (N-methyl/N-ethyl adjacent to an activating group) is 1. The van der Waals surface area contributed by atoms with Gasteiger partial charge in [-0.2, -0.15) is 0 Å². The van der Waals surface area contributed by atoms with Crippen molar-refractivity contribution in [2.75, 3.05) is 7.05 Å². The zero-order valence-corrected chi connectivity index (χ0v) is 18.0. The molecule has 0 saturated heterocycles. The Morgan fingerprint density at radius 2 is 2.00 bits per heavy atom. The maximum Gasteiger partial charge on any atom is 0.252 e. The van der Waals surface area contributed by atoms with Gasteiger partial charge in [0, 0.05) is 39.3 Å². The van der Waals surface area contributed by atoms with E-state index in [1.165, 1.54) is 17.0 Å². The molecular weight excluding hydrogens is 475 g/mol. The van der Waals surface area contributed by atoms with Gasteiger partial charge in [-0.1, -0.05) is 6.58 Å². The number of hydrogen-bond acceptors (Lipinski definition) is 7. The Morgan fingerprint density at radius 3 is 2.58 bits per heavy atom. The number of phenolic OH excluding ortho intramolecular Hbond substituents is 1. The van der Waals surface area contributed by atoms with Crippen LogP contribution in [0.4, 0.5) is 4.39 Å². The number of carbonyl (C=O) groups excluding carboxylic acids is 2. The summed E-state index contributed by atoms with van der Waals surface area (Å²) < 4.78 is 15.2. The molecule has 1 fully saturated rings. The summed E-state index contributed by atoms with van der Waals surface area (Å²) in [6, 6.07) is 0.985. The van der Waals surface area contributed by atoms with Crippen molar-refractivity contribution in [3.8, 4) is 5.75 Å². The van der Waals surface area contributed by atoms with E-state index in [-0.39, 0.29) is 29.6 Å². The number of primary amides is 1. The van der Waals surface area contributed by atoms with Crippen molar-refractivity contribution >= 4 is 33.6 Å². The Morgan fingerprint density at radius 1 is 1.35 bits per heavy atom. The van der Waals surface area contributed by atoms with Crippen LogP contribution in [0.15, 0.2) is 41.2 Å². The molecule has 8 nitrogen and oxygen atoms in total. The van der Waals surface area contributed by atoms with E-state index in [4.69, 9.17) is 5.73 Å². The van der Waals surface area contributed by atoms with E-state index in [2.05, 4.69) is 22.7 Å². The van der Waals surface area contributed by atoms with Crippen LogP contribution < -0.4 is 5.73 Å². The molecule has 1 aromatic carbocycles. The molecule has 31 heavy (non-hydrogen) atoms. The fourth-order valence-electron chi connectivity index (χ4n) is 5.22. The van der Waals surface area contributed by atoms with E-state index < -0.39 is 63.8 Å². The molecule has 4 rings (SSSR count). The van der Waals surface area contributed by atoms with Gasteiger partial charge in [0.25, 0.3) is 5.91 Å². The molecule has 1 unspecified atom stereocenters. The monoisotopic (exact) mass is 494 g/mol. The maximum absolute atomic E-state index is 13.8. The summed E-state index contributed by atoms with van der Waals surface area (Å²) in [6.45, 7) is 3.68. The highest BCUT2D eigenvalue weighted by Gasteiger charge is 2.62. The van der Waals surface area contributed by atoms with Crippen LogP contribution in [-0.4, -0.2) is 54.7 Å². The number of nitrogens with two attached hydrogens (primary N) is 1. The molecule has 0 heterocycles. The summed E-state index contributed by atoms with van der Waals surface area (Å²) in [5.41, 5.74) is 2.34. The minimum absolute atomic E-state index is 0.0767. The van der Waals surface area contributed by atoms with Gasteiger partial charge in [0.1, 0.15) is 23.1 Å². The number of aromatic hydroxyl groups is 1. The number of rotatable bonds is 2. The van der Waals surface area contributed by atoms with Crippen molar-refractivity contribution in [2.24, 2.45) is 17.6 Å². The lowest BCUT2D eigenvalue weighted by Crippen LogP contribution is -2.63. The number of phenols is 1. The van der Waals surface area contributed by atoms with Crippen LogP contribution in [0.3, 0.4) is 0 Å². The highest BCUT2D eigenvalue weighted by Crippen LogP contribution is 2.54. The van der Waals surface area contributed by atoms with E-state index >= 15 is 0 Å². The van der Waals surface area contributed by atoms with E-state index in [0.29, 0.717) is 5.56 Å². The topological polar surface area (TPSA) is 144 Å². The highest BCUT2D eigenvalue weighted by atomic mass is 79.9. The molecule has 0 bridgehead atoms. The quantitative estimate of drug-likeness (QED) is 0.394. The summed E-state index contributed by atoms with van der Waals surface area (Å²) in [7, 11) is 1.53. The summed E-state index contributed by atoms with van der Waals surface area (Å²) in [6.07, 6.45) is 0.213. The lowest BCUT2D eigenvalue weighted by atomic mass is 9.56. The van der Waals surface area contributed by atoms with Crippen LogP contribution in [0.1, 0.15) is 17.5 Å². The number of nitrogens with zero attached hydrogens (tertiary/aromatic N) is 1. The van der Waals surface area contributed by atoms with Gasteiger partial charge in [-0.25, -0.2) is 8.32 Å². The van der Waals surface area contributed by atoms with Gasteiger partial charge in [0.05, 0.1) is 17.2 Å². The number of fused-ring (bicyclic) bond motifs is 3. The van der Waals surface area contributed by atoms with Crippen LogP contribution in [-0.2, 0) is 16.0 Å². The third kappa shape index (κ3) is 2.78. The van der Waals surface area contributed by atoms with Crippen molar-refractivity contribution in [3.63, 3.8) is 0 Å². The number of aliphatic hydroxyl groups is 3. The molecule has 164 valence electrons. The molecule has 4 atom stereocenters. The number of benzene rings is 1. The second kappa shape index (κ2) is 6.91. The smallest absolute Gasteiger partial charge is 0.252 e. The van der Waals surface area contributed by atoms with Crippen LogP contribution in [0, 0.1) is 17.7 Å². The molecule has 1 aromatic rings. The molecule has 0 spiro atoms. The van der Waals surface area contributed by atoms with Gasteiger partial charge in [0.15, 0.2) is 11.4 Å². The van der Waals surface area contributed by atoms with E-state index in [1.807, 2.05) is 0 Å². The lowest BCUT2D eigenvalue weighted by molar-refractivity contribution is -0.142. The van der Waals surface area contributed by atoms with Crippen LogP contribution in [0.2, 0.25) is 0 Å². The summed E-state index contributed by atoms with van der Waals surface area (Å²) in [5, 5.41) is 43.3. The first-order valence-electron chi connectivity index (χ1n) is 9.44. The molecule has 0 radical (unpaired) electrons. The highest BCUT2D eigenvalue weighted by molar-refractivity contribution is 9.07. The normalized spacial score (nSPS) is 30.3. The van der Waals surface area contributed by atoms with Crippen LogP contribution >= 0.6 is 16.1 Å². The number of amides is 1. The Kier molecular flexibility index (Phi) is 4.80. The van der Waals surface area contributed by atoms with E-state index in [9.17, 15) is 34.4 Å². The predicted octanol–water partition coefficient (Wildman–Crippen LogP) is 1.77. The fourth-order valence-corrected chi connectivity index (χ4v) is 5.69. The molecule has 0 aliphatic heterocycles. The van der Waals surface area contributed by atoms with Gasteiger partial charge in [-0.3, -0.25) is 9.59 Å². The van der Waals surface area contributed by atoms with Gasteiger partial charge in [-0.05, 0) is 37.4 Å².